The van der Waals surface area contributed by atoms with Crippen LogP contribution in [0.4, 0.5) is 0 Å². The molecule has 2 aromatic carbocycles. The Hall–Kier alpha value is -2.33. The number of ether oxygens (including phenoxy) is 1. The highest BCUT2D eigenvalue weighted by Gasteiger charge is 2.08. The van der Waals surface area contributed by atoms with Crippen LogP contribution >= 0.6 is 0 Å². The van der Waals surface area contributed by atoms with Gasteiger partial charge in [0.1, 0.15) is 11.9 Å². The van der Waals surface area contributed by atoms with E-state index in [0.717, 1.165) is 16.9 Å². The first kappa shape index (κ1) is 16.0. The van der Waals surface area contributed by atoms with Crippen molar-refractivity contribution in [3.05, 3.63) is 65.7 Å². The Morgan fingerprint density at radius 2 is 1.73 bits per heavy atom. The topological polar surface area (TPSA) is 64.3 Å². The molecule has 2 unspecified atom stereocenters. The molecule has 4 nitrogen and oxygen atoms in total. The molecule has 0 aromatic heterocycles. The Labute approximate surface area is 131 Å². The maximum absolute atomic E-state index is 11.0. The summed E-state index contributed by atoms with van der Waals surface area (Å²) in [5.74, 6) is 0.472. The number of nitrogens with two attached hydrogens (primary N) is 1. The minimum Gasteiger partial charge on any atom is -0.486 e. The fourth-order valence-corrected chi connectivity index (χ4v) is 2.05. The standard InChI is InChI=1S/C18H22N2O2/c1-13(18(19)21)20-12-15-8-10-17(11-9-15)22-14(2)16-6-4-3-5-7-16/h3-11,13-14,20H,12H2,1-2H3,(H2,19,21). The van der Waals surface area contributed by atoms with E-state index in [9.17, 15) is 4.79 Å². The van der Waals surface area contributed by atoms with Crippen molar-refractivity contribution in [3.8, 4) is 5.75 Å². The lowest BCUT2D eigenvalue weighted by atomic mass is 10.1. The lowest BCUT2D eigenvalue weighted by Gasteiger charge is -2.15. The van der Waals surface area contributed by atoms with Crippen LogP contribution in [0.25, 0.3) is 0 Å². The van der Waals surface area contributed by atoms with Gasteiger partial charge in [-0.25, -0.2) is 0 Å². The van der Waals surface area contributed by atoms with Gasteiger partial charge in [-0.2, -0.15) is 0 Å². The predicted octanol–water partition coefficient (Wildman–Crippen LogP) is 2.79. The highest BCUT2D eigenvalue weighted by molar-refractivity contribution is 5.79. The first-order valence-electron chi connectivity index (χ1n) is 7.39. The Morgan fingerprint density at radius 3 is 2.32 bits per heavy atom. The summed E-state index contributed by atoms with van der Waals surface area (Å²) in [5.41, 5.74) is 7.43. The summed E-state index contributed by atoms with van der Waals surface area (Å²) in [6.45, 7) is 4.37. The number of hydrogen-bond acceptors (Lipinski definition) is 3. The Balaban J connectivity index is 1.90. The van der Waals surface area contributed by atoms with Crippen LogP contribution in [0.3, 0.4) is 0 Å². The van der Waals surface area contributed by atoms with Gasteiger partial charge >= 0.3 is 0 Å². The normalized spacial score (nSPS) is 13.4. The molecule has 0 saturated heterocycles. The number of primary amides is 1. The summed E-state index contributed by atoms with van der Waals surface area (Å²) < 4.78 is 5.92. The molecule has 22 heavy (non-hydrogen) atoms. The van der Waals surface area contributed by atoms with Gasteiger partial charge in [0.05, 0.1) is 6.04 Å². The van der Waals surface area contributed by atoms with Gasteiger partial charge in [-0.15, -0.1) is 0 Å². The largest absolute Gasteiger partial charge is 0.486 e. The van der Waals surface area contributed by atoms with Gasteiger partial charge < -0.3 is 15.8 Å². The molecule has 0 aliphatic heterocycles. The molecular formula is C18H22N2O2. The minimum absolute atomic E-state index is 0.0000545. The number of amides is 1. The zero-order valence-corrected chi connectivity index (χ0v) is 13.0. The number of nitrogens with one attached hydrogen (secondary N) is 1. The van der Waals surface area contributed by atoms with Crippen molar-refractivity contribution >= 4 is 5.91 Å². The molecule has 2 atom stereocenters. The molecule has 0 radical (unpaired) electrons. The van der Waals surface area contributed by atoms with Gasteiger partial charge in [-0.3, -0.25) is 4.79 Å². The van der Waals surface area contributed by atoms with E-state index < -0.39 is 0 Å². The average Bonchev–Trinajstić information content (AvgIpc) is 2.54. The van der Waals surface area contributed by atoms with Crippen LogP contribution in [0.1, 0.15) is 31.1 Å². The third-order valence-electron chi connectivity index (χ3n) is 3.54. The minimum atomic E-state index is -0.350. The van der Waals surface area contributed by atoms with E-state index in [2.05, 4.69) is 5.32 Å². The van der Waals surface area contributed by atoms with Gasteiger partial charge in [-0.1, -0.05) is 42.5 Å². The van der Waals surface area contributed by atoms with Crippen molar-refractivity contribution in [1.29, 1.82) is 0 Å². The Morgan fingerprint density at radius 1 is 1.09 bits per heavy atom. The second-order valence-corrected chi connectivity index (χ2v) is 5.32. The molecule has 4 heteroatoms. The Kier molecular flexibility index (Phi) is 5.55. The molecule has 0 aliphatic carbocycles. The van der Waals surface area contributed by atoms with Gasteiger partial charge in [0.2, 0.25) is 5.91 Å². The van der Waals surface area contributed by atoms with E-state index in [-0.39, 0.29) is 18.1 Å². The molecule has 0 saturated carbocycles. The maximum Gasteiger partial charge on any atom is 0.234 e. The summed E-state index contributed by atoms with van der Waals surface area (Å²) in [6.07, 6.45) is 0.0000545. The monoisotopic (exact) mass is 298 g/mol. The van der Waals surface area contributed by atoms with Crippen LogP contribution in [-0.2, 0) is 11.3 Å². The first-order chi connectivity index (χ1) is 10.6. The van der Waals surface area contributed by atoms with Crippen LogP contribution in [-0.4, -0.2) is 11.9 Å². The van der Waals surface area contributed by atoms with E-state index in [4.69, 9.17) is 10.5 Å². The fraction of sp³-hybridized carbons (Fsp3) is 0.278. The molecule has 0 bridgehead atoms. The van der Waals surface area contributed by atoms with E-state index in [0.29, 0.717) is 6.54 Å². The van der Waals surface area contributed by atoms with Crippen LogP contribution in [0.5, 0.6) is 5.75 Å². The molecule has 1 amide bonds. The van der Waals surface area contributed by atoms with E-state index in [1.165, 1.54) is 0 Å². The van der Waals surface area contributed by atoms with Gasteiger partial charge in [0.15, 0.2) is 0 Å². The number of hydrogen-bond donors (Lipinski definition) is 2. The molecule has 116 valence electrons. The van der Waals surface area contributed by atoms with Crippen LogP contribution in [0, 0.1) is 0 Å². The third kappa shape index (κ3) is 4.60. The first-order valence-corrected chi connectivity index (χ1v) is 7.39. The fourth-order valence-electron chi connectivity index (χ4n) is 2.05. The van der Waals surface area contributed by atoms with E-state index in [1.54, 1.807) is 6.92 Å². The number of carbonyl (C=O) groups is 1. The van der Waals surface area contributed by atoms with Gasteiger partial charge in [-0.05, 0) is 37.1 Å². The average molecular weight is 298 g/mol. The molecule has 2 aromatic rings. The van der Waals surface area contributed by atoms with Crippen molar-refractivity contribution in [1.82, 2.24) is 5.32 Å². The van der Waals surface area contributed by atoms with Crippen LogP contribution in [0.15, 0.2) is 54.6 Å². The SMILES string of the molecule is CC(NCc1ccc(OC(C)c2ccccc2)cc1)C(N)=O. The second-order valence-electron chi connectivity index (χ2n) is 5.32. The second kappa shape index (κ2) is 7.61. The van der Waals surface area contributed by atoms with Crippen molar-refractivity contribution in [2.24, 2.45) is 5.73 Å². The summed E-state index contributed by atoms with van der Waals surface area (Å²) in [7, 11) is 0. The Bertz CT molecular complexity index is 596. The summed E-state index contributed by atoms with van der Waals surface area (Å²) in [6, 6.07) is 17.6. The molecular weight excluding hydrogens is 276 g/mol. The van der Waals surface area contributed by atoms with E-state index >= 15 is 0 Å². The molecule has 3 N–H and O–H groups in total. The maximum atomic E-state index is 11.0. The molecule has 0 spiro atoms. The zero-order chi connectivity index (χ0) is 15.9. The molecule has 2 rings (SSSR count). The third-order valence-corrected chi connectivity index (χ3v) is 3.54. The summed E-state index contributed by atoms with van der Waals surface area (Å²) in [4.78, 5) is 11.0. The van der Waals surface area contributed by atoms with Crippen molar-refractivity contribution in [2.75, 3.05) is 0 Å². The van der Waals surface area contributed by atoms with E-state index in [1.807, 2.05) is 61.5 Å². The lowest BCUT2D eigenvalue weighted by molar-refractivity contribution is -0.119. The van der Waals surface area contributed by atoms with Crippen LogP contribution in [0.2, 0.25) is 0 Å². The summed E-state index contributed by atoms with van der Waals surface area (Å²) >= 11 is 0. The quantitative estimate of drug-likeness (QED) is 0.826. The lowest BCUT2D eigenvalue weighted by Crippen LogP contribution is -2.38. The highest BCUT2D eigenvalue weighted by atomic mass is 16.5. The van der Waals surface area contributed by atoms with Crippen molar-refractivity contribution in [2.45, 2.75) is 32.5 Å². The number of rotatable bonds is 7. The zero-order valence-electron chi connectivity index (χ0n) is 13.0. The predicted molar refractivity (Wildman–Crippen MR) is 87.4 cm³/mol. The van der Waals surface area contributed by atoms with Crippen molar-refractivity contribution in [3.63, 3.8) is 0 Å². The summed E-state index contributed by atoms with van der Waals surface area (Å²) in [5, 5.41) is 3.07. The van der Waals surface area contributed by atoms with Crippen molar-refractivity contribution < 1.29 is 9.53 Å². The number of benzene rings is 2. The smallest absolute Gasteiger partial charge is 0.234 e. The highest BCUT2D eigenvalue weighted by Crippen LogP contribution is 2.21. The van der Waals surface area contributed by atoms with Gasteiger partial charge in [0.25, 0.3) is 0 Å². The number of carbonyl (C=O) groups excluding carboxylic acids is 1. The van der Waals surface area contributed by atoms with Crippen LogP contribution < -0.4 is 15.8 Å². The molecule has 0 aliphatic rings. The van der Waals surface area contributed by atoms with Gasteiger partial charge in [0, 0.05) is 6.54 Å². The molecule has 0 fully saturated rings. The molecule has 0 heterocycles.